The fraction of sp³-hybridized carbons (Fsp3) is 0.0800. The van der Waals surface area contributed by atoms with Gasteiger partial charge in [-0.1, -0.05) is 60.3 Å². The number of nitrogens with one attached hydrogen (secondary N) is 1. The molecule has 6 heteroatoms. The summed E-state index contributed by atoms with van der Waals surface area (Å²) in [6.07, 6.45) is 1.64. The summed E-state index contributed by atoms with van der Waals surface area (Å²) in [6, 6.07) is 23.5. The third kappa shape index (κ3) is 4.45. The Bertz CT molecular complexity index is 1220. The van der Waals surface area contributed by atoms with E-state index >= 15 is 0 Å². The van der Waals surface area contributed by atoms with Crippen LogP contribution in [0.3, 0.4) is 0 Å². The molecule has 0 unspecified atom stereocenters. The minimum absolute atomic E-state index is 0.0515. The number of hydrogen-bond donors (Lipinski definition) is 1. The Balaban J connectivity index is 1.74. The smallest absolute Gasteiger partial charge is 0.270 e. The number of rotatable bonds is 4. The van der Waals surface area contributed by atoms with E-state index < -0.39 is 11.8 Å². The lowest BCUT2D eigenvalue weighted by Crippen LogP contribution is -2.54. The minimum Gasteiger partial charge on any atom is -0.298 e. The van der Waals surface area contributed by atoms with Crippen LogP contribution in [0.4, 0.5) is 5.69 Å². The van der Waals surface area contributed by atoms with Gasteiger partial charge in [0.05, 0.1) is 5.69 Å². The van der Waals surface area contributed by atoms with Crippen molar-refractivity contribution < 1.29 is 9.59 Å². The summed E-state index contributed by atoms with van der Waals surface area (Å²) in [5, 5.41) is 2.76. The maximum atomic E-state index is 13.4. The number of benzene rings is 3. The van der Waals surface area contributed by atoms with Gasteiger partial charge in [-0.25, -0.2) is 0 Å². The summed E-state index contributed by atoms with van der Waals surface area (Å²) in [5.74, 6) is -0.918. The fourth-order valence-electron chi connectivity index (χ4n) is 3.30. The maximum absolute atomic E-state index is 13.4. The van der Waals surface area contributed by atoms with Crippen LogP contribution in [0, 0.1) is 13.8 Å². The Kier molecular flexibility index (Phi) is 6.02. The number of nitrogens with zero attached hydrogens (tertiary/aromatic N) is 1. The van der Waals surface area contributed by atoms with Gasteiger partial charge in [0.1, 0.15) is 5.57 Å². The Hall–Kier alpha value is -3.22. The maximum Gasteiger partial charge on any atom is 0.270 e. The molecule has 1 N–H and O–H groups in total. The van der Waals surface area contributed by atoms with Crippen LogP contribution in [-0.4, -0.2) is 16.9 Å². The Morgan fingerprint density at radius 1 is 0.935 bits per heavy atom. The number of thiocarbonyl (C=S) groups is 1. The molecule has 2 amide bonds. The summed E-state index contributed by atoms with van der Waals surface area (Å²) in [7, 11) is 0. The van der Waals surface area contributed by atoms with Crippen LogP contribution in [0.1, 0.15) is 16.7 Å². The zero-order chi connectivity index (χ0) is 22.0. The predicted octanol–water partition coefficient (Wildman–Crippen LogP) is 5.29. The topological polar surface area (TPSA) is 49.4 Å². The quantitative estimate of drug-likeness (QED) is 0.338. The lowest BCUT2D eigenvalue weighted by Gasteiger charge is -2.30. The number of carbonyl (C=O) groups excluding carboxylic acids is 2. The number of amides is 2. The van der Waals surface area contributed by atoms with E-state index in [0.29, 0.717) is 5.69 Å². The lowest BCUT2D eigenvalue weighted by molar-refractivity contribution is -0.122. The van der Waals surface area contributed by atoms with Crippen LogP contribution in [0.25, 0.3) is 6.08 Å². The van der Waals surface area contributed by atoms with Crippen LogP contribution in [0.15, 0.2) is 88.2 Å². The number of hydrogen-bond acceptors (Lipinski definition) is 4. The zero-order valence-electron chi connectivity index (χ0n) is 17.1. The first-order valence-electron chi connectivity index (χ1n) is 9.74. The average molecular weight is 445 g/mol. The second-order valence-corrected chi connectivity index (χ2v) is 8.70. The largest absolute Gasteiger partial charge is 0.298 e. The molecule has 154 valence electrons. The van der Waals surface area contributed by atoms with E-state index in [9.17, 15) is 9.59 Å². The van der Waals surface area contributed by atoms with Crippen molar-refractivity contribution in [2.45, 2.75) is 23.6 Å². The molecule has 0 atom stereocenters. The predicted molar refractivity (Wildman–Crippen MR) is 129 cm³/mol. The summed E-state index contributed by atoms with van der Waals surface area (Å²) < 4.78 is 0. The van der Waals surface area contributed by atoms with Gasteiger partial charge in [0.25, 0.3) is 11.8 Å². The highest BCUT2D eigenvalue weighted by atomic mass is 32.2. The van der Waals surface area contributed by atoms with Gasteiger partial charge in [-0.15, -0.1) is 0 Å². The molecule has 1 aliphatic rings. The van der Waals surface area contributed by atoms with Gasteiger partial charge in [0.15, 0.2) is 5.11 Å². The van der Waals surface area contributed by atoms with E-state index in [0.717, 1.165) is 26.5 Å². The highest BCUT2D eigenvalue weighted by molar-refractivity contribution is 7.99. The molecule has 31 heavy (non-hydrogen) atoms. The van der Waals surface area contributed by atoms with Crippen LogP contribution in [0.2, 0.25) is 0 Å². The monoisotopic (exact) mass is 444 g/mol. The van der Waals surface area contributed by atoms with Gasteiger partial charge in [-0.2, -0.15) is 0 Å². The second kappa shape index (κ2) is 8.88. The fourth-order valence-corrected chi connectivity index (χ4v) is 4.51. The van der Waals surface area contributed by atoms with Crippen LogP contribution >= 0.6 is 24.0 Å². The van der Waals surface area contributed by atoms with Crippen molar-refractivity contribution in [1.29, 1.82) is 0 Å². The Morgan fingerprint density at radius 3 is 2.42 bits per heavy atom. The molecular weight excluding hydrogens is 424 g/mol. The molecule has 0 aliphatic carbocycles. The molecule has 0 radical (unpaired) electrons. The second-order valence-electron chi connectivity index (χ2n) is 7.20. The van der Waals surface area contributed by atoms with E-state index in [1.54, 1.807) is 17.8 Å². The molecule has 3 aromatic rings. The molecule has 1 aliphatic heterocycles. The number of aryl methyl sites for hydroxylation is 2. The average Bonchev–Trinajstić information content (AvgIpc) is 2.75. The standard InChI is InChI=1S/C25H20N2O2S2/c1-16-12-13-17(2)21(14-16)27-24(29)20(23(28)26-25(27)30)15-18-8-6-7-11-22(18)31-19-9-4-3-5-10-19/h3-15H,1-2H3,(H,26,28,30)/b20-15-. The van der Waals surface area contributed by atoms with Crippen molar-refractivity contribution in [1.82, 2.24) is 5.32 Å². The van der Waals surface area contributed by atoms with E-state index in [1.807, 2.05) is 86.6 Å². The van der Waals surface area contributed by atoms with E-state index in [1.165, 1.54) is 4.90 Å². The van der Waals surface area contributed by atoms with Crippen LogP contribution in [-0.2, 0) is 9.59 Å². The van der Waals surface area contributed by atoms with Gasteiger partial charge in [0.2, 0.25) is 0 Å². The van der Waals surface area contributed by atoms with Gasteiger partial charge in [0, 0.05) is 9.79 Å². The van der Waals surface area contributed by atoms with Gasteiger partial charge in [-0.05, 0) is 73.1 Å². The summed E-state index contributed by atoms with van der Waals surface area (Å²) >= 11 is 6.92. The van der Waals surface area contributed by atoms with Crippen molar-refractivity contribution >= 4 is 52.7 Å². The molecule has 0 bridgehead atoms. The molecule has 0 saturated carbocycles. The molecular formula is C25H20N2O2S2. The van der Waals surface area contributed by atoms with Crippen LogP contribution < -0.4 is 10.2 Å². The summed E-state index contributed by atoms with van der Waals surface area (Å²) in [5.41, 5.74) is 3.42. The molecule has 1 fully saturated rings. The van der Waals surface area contributed by atoms with Crippen molar-refractivity contribution in [3.63, 3.8) is 0 Å². The zero-order valence-corrected chi connectivity index (χ0v) is 18.7. The van der Waals surface area contributed by atoms with Crippen molar-refractivity contribution in [2.75, 3.05) is 4.90 Å². The van der Waals surface area contributed by atoms with Gasteiger partial charge < -0.3 is 0 Å². The molecule has 3 aromatic carbocycles. The first kappa shape index (κ1) is 21.0. The summed E-state index contributed by atoms with van der Waals surface area (Å²) in [4.78, 5) is 29.5. The van der Waals surface area contributed by atoms with Crippen LogP contribution in [0.5, 0.6) is 0 Å². The van der Waals surface area contributed by atoms with Gasteiger partial charge in [-0.3, -0.25) is 19.8 Å². The van der Waals surface area contributed by atoms with Crippen molar-refractivity contribution in [3.05, 3.63) is 95.1 Å². The van der Waals surface area contributed by atoms with E-state index in [4.69, 9.17) is 12.2 Å². The normalized spacial score (nSPS) is 15.4. The molecule has 0 aromatic heterocycles. The SMILES string of the molecule is Cc1ccc(C)c(N2C(=O)/C(=C\c3ccccc3Sc3ccccc3)C(=O)NC2=S)c1. The molecule has 1 heterocycles. The highest BCUT2D eigenvalue weighted by Gasteiger charge is 2.35. The molecule has 4 rings (SSSR count). The minimum atomic E-state index is -0.490. The molecule has 4 nitrogen and oxygen atoms in total. The highest BCUT2D eigenvalue weighted by Crippen LogP contribution is 2.32. The van der Waals surface area contributed by atoms with E-state index in [2.05, 4.69) is 5.32 Å². The third-order valence-electron chi connectivity index (χ3n) is 4.90. The van der Waals surface area contributed by atoms with Crippen molar-refractivity contribution in [2.24, 2.45) is 0 Å². The van der Waals surface area contributed by atoms with Gasteiger partial charge >= 0.3 is 0 Å². The lowest BCUT2D eigenvalue weighted by atomic mass is 10.0. The molecule has 1 saturated heterocycles. The van der Waals surface area contributed by atoms with Crippen molar-refractivity contribution in [3.8, 4) is 0 Å². The number of carbonyl (C=O) groups is 2. The third-order valence-corrected chi connectivity index (χ3v) is 6.28. The Morgan fingerprint density at radius 2 is 1.65 bits per heavy atom. The Labute approximate surface area is 191 Å². The first-order valence-corrected chi connectivity index (χ1v) is 11.0. The number of anilines is 1. The summed E-state index contributed by atoms with van der Waals surface area (Å²) in [6.45, 7) is 3.86. The van der Waals surface area contributed by atoms with E-state index in [-0.39, 0.29) is 10.7 Å². The molecule has 0 spiro atoms. The first-order chi connectivity index (χ1) is 14.9.